The van der Waals surface area contributed by atoms with Gasteiger partial charge in [0.2, 0.25) is 0 Å². The molecule has 0 aromatic carbocycles. The zero-order valence-electron chi connectivity index (χ0n) is 10.5. The van der Waals surface area contributed by atoms with Gasteiger partial charge in [-0.2, -0.15) is 8.78 Å². The first-order valence-corrected chi connectivity index (χ1v) is 5.76. The Hall–Kier alpha value is -0.900. The third-order valence-electron chi connectivity index (χ3n) is 1.83. The molecule has 116 valence electrons. The predicted molar refractivity (Wildman–Crippen MR) is 64.9 cm³/mol. The summed E-state index contributed by atoms with van der Waals surface area (Å²) in [7, 11) is 0. The van der Waals surface area contributed by atoms with E-state index in [9.17, 15) is 18.7 Å². The molecule has 0 amide bonds. The van der Waals surface area contributed by atoms with E-state index in [-0.39, 0.29) is 13.2 Å². The highest BCUT2D eigenvalue weighted by molar-refractivity contribution is 6.65. The average molecular weight is 317 g/mol. The molecule has 0 bridgehead atoms. The van der Waals surface area contributed by atoms with E-state index in [4.69, 9.17) is 11.6 Å². The normalized spacial score (nSPS) is 14.6. The molecule has 6 nitrogen and oxygen atoms in total. The van der Waals surface area contributed by atoms with Crippen molar-refractivity contribution in [3.8, 4) is 0 Å². The van der Waals surface area contributed by atoms with Crippen molar-refractivity contribution in [2.75, 3.05) is 19.8 Å². The minimum absolute atomic E-state index is 0.0178. The van der Waals surface area contributed by atoms with Gasteiger partial charge in [0.15, 0.2) is 6.10 Å². The lowest BCUT2D eigenvalue weighted by Gasteiger charge is -2.26. The van der Waals surface area contributed by atoms with Crippen LogP contribution in [-0.2, 0) is 24.3 Å². The maximum absolute atomic E-state index is 13.5. The number of carbonyl (C=O) groups is 1. The Balaban J connectivity index is 4.60. The molecule has 20 heavy (non-hydrogen) atoms. The lowest BCUT2D eigenvalue weighted by atomic mass is 10.1. The molecule has 0 aromatic rings. The third kappa shape index (κ3) is 6.51. The van der Waals surface area contributed by atoms with Crippen molar-refractivity contribution in [1.29, 1.82) is 0 Å². The van der Waals surface area contributed by atoms with E-state index in [0.717, 1.165) is 0 Å². The minimum Gasteiger partial charge on any atom is -0.387 e. The van der Waals surface area contributed by atoms with Crippen LogP contribution in [0.4, 0.5) is 8.78 Å². The van der Waals surface area contributed by atoms with Gasteiger partial charge in [0.1, 0.15) is 25.9 Å². The Kier molecular flexibility index (Phi) is 9.47. The van der Waals surface area contributed by atoms with Gasteiger partial charge in [-0.25, -0.2) is 19.6 Å². The van der Waals surface area contributed by atoms with E-state index in [0.29, 0.717) is 0 Å². The molecular formula is C11H15ClF2O6. The highest BCUT2D eigenvalue weighted by atomic mass is 35.5. The number of hydrogen-bond acceptors (Lipinski definition) is 6. The van der Waals surface area contributed by atoms with E-state index in [2.05, 4.69) is 32.7 Å². The van der Waals surface area contributed by atoms with Crippen molar-refractivity contribution in [3.63, 3.8) is 0 Å². The molecule has 0 aliphatic rings. The Labute approximate surface area is 119 Å². The van der Waals surface area contributed by atoms with Crippen LogP contribution >= 0.6 is 11.6 Å². The van der Waals surface area contributed by atoms with E-state index in [1.807, 2.05) is 0 Å². The van der Waals surface area contributed by atoms with Gasteiger partial charge in [0, 0.05) is 0 Å². The monoisotopic (exact) mass is 316 g/mol. The molecule has 0 saturated heterocycles. The fourth-order valence-corrected chi connectivity index (χ4v) is 1.05. The number of halogens is 3. The predicted octanol–water partition coefficient (Wildman–Crippen LogP) is 1.38. The van der Waals surface area contributed by atoms with E-state index >= 15 is 0 Å². The number of hydrogen-bond donors (Lipinski definition) is 1. The van der Waals surface area contributed by atoms with Gasteiger partial charge in [0.05, 0.1) is 0 Å². The Bertz CT molecular complexity index is 326. The van der Waals surface area contributed by atoms with Crippen molar-refractivity contribution in [1.82, 2.24) is 0 Å². The van der Waals surface area contributed by atoms with Gasteiger partial charge in [-0.05, 0) is 11.6 Å². The summed E-state index contributed by atoms with van der Waals surface area (Å²) in [6.07, 6.45) is -1.74. The van der Waals surface area contributed by atoms with Crippen LogP contribution < -0.4 is 0 Å². The SMILES string of the molecule is C=CCOOC[C@H](O)[C@@H](OOCC=C)C(F)(F)C(=O)Cl. The summed E-state index contributed by atoms with van der Waals surface area (Å²) < 4.78 is 27.0. The van der Waals surface area contributed by atoms with E-state index < -0.39 is 30.0 Å². The van der Waals surface area contributed by atoms with Gasteiger partial charge < -0.3 is 5.11 Å². The molecule has 0 saturated carbocycles. The fraction of sp³-hybridized carbons (Fsp3) is 0.545. The van der Waals surface area contributed by atoms with Crippen LogP contribution in [-0.4, -0.2) is 48.3 Å². The van der Waals surface area contributed by atoms with Crippen LogP contribution in [0.2, 0.25) is 0 Å². The standard InChI is InChI=1S/C11H15ClF2O6/c1-3-5-17-19-7-8(15)9(20-18-6-4-2)11(13,14)10(12)16/h3-4,8-9,15H,1-2,5-7H2/t8-,9+/m0/s1. The highest BCUT2D eigenvalue weighted by Gasteiger charge is 2.52. The summed E-state index contributed by atoms with van der Waals surface area (Å²) in [6, 6.07) is 0. The first-order chi connectivity index (χ1) is 9.37. The number of aliphatic hydroxyl groups is 1. The van der Waals surface area contributed by atoms with Crippen molar-refractivity contribution in [2.45, 2.75) is 18.1 Å². The summed E-state index contributed by atoms with van der Waals surface area (Å²) in [4.78, 5) is 28.2. The second-order valence-electron chi connectivity index (χ2n) is 3.41. The second kappa shape index (κ2) is 9.92. The minimum atomic E-state index is -4.18. The fourth-order valence-electron chi connectivity index (χ4n) is 0.940. The lowest BCUT2D eigenvalue weighted by Crippen LogP contribution is -2.50. The summed E-state index contributed by atoms with van der Waals surface area (Å²) in [6.45, 7) is 5.64. The smallest absolute Gasteiger partial charge is 0.351 e. The molecule has 1 N–H and O–H groups in total. The van der Waals surface area contributed by atoms with Crippen molar-refractivity contribution in [2.24, 2.45) is 0 Å². The van der Waals surface area contributed by atoms with Crippen LogP contribution in [0.25, 0.3) is 0 Å². The topological polar surface area (TPSA) is 74.2 Å². The Morgan fingerprint density at radius 1 is 1.25 bits per heavy atom. The quantitative estimate of drug-likeness (QED) is 0.193. The van der Waals surface area contributed by atoms with Crippen molar-refractivity contribution in [3.05, 3.63) is 25.3 Å². The van der Waals surface area contributed by atoms with Gasteiger partial charge >= 0.3 is 5.92 Å². The summed E-state index contributed by atoms with van der Waals surface area (Å²) >= 11 is 4.76. The third-order valence-corrected chi connectivity index (χ3v) is 2.09. The van der Waals surface area contributed by atoms with Crippen LogP contribution in [0, 0.1) is 0 Å². The molecule has 0 unspecified atom stereocenters. The Morgan fingerprint density at radius 3 is 2.30 bits per heavy atom. The Morgan fingerprint density at radius 2 is 1.80 bits per heavy atom. The zero-order valence-corrected chi connectivity index (χ0v) is 11.2. The zero-order chi connectivity index (χ0) is 15.6. The van der Waals surface area contributed by atoms with Crippen molar-refractivity contribution >= 4 is 16.8 Å². The second-order valence-corrected chi connectivity index (χ2v) is 3.76. The van der Waals surface area contributed by atoms with Gasteiger partial charge in [-0.3, -0.25) is 4.79 Å². The average Bonchev–Trinajstić information content (AvgIpc) is 2.39. The number of alkyl halides is 2. The molecule has 0 spiro atoms. The first kappa shape index (κ1) is 19.1. The molecule has 0 aliphatic carbocycles. The highest BCUT2D eigenvalue weighted by Crippen LogP contribution is 2.27. The molecule has 0 fully saturated rings. The van der Waals surface area contributed by atoms with E-state index in [1.54, 1.807) is 0 Å². The maximum Gasteiger partial charge on any atom is 0.351 e. The number of aliphatic hydroxyl groups excluding tert-OH is 1. The first-order valence-electron chi connectivity index (χ1n) is 5.38. The molecule has 9 heteroatoms. The van der Waals surface area contributed by atoms with Crippen LogP contribution in [0.15, 0.2) is 25.3 Å². The molecule has 0 rings (SSSR count). The molecule has 0 aliphatic heterocycles. The number of rotatable bonds is 12. The summed E-state index contributed by atoms with van der Waals surface area (Å²) in [5.41, 5.74) is 0. The largest absolute Gasteiger partial charge is 0.387 e. The van der Waals surface area contributed by atoms with Crippen LogP contribution in [0.1, 0.15) is 0 Å². The van der Waals surface area contributed by atoms with Gasteiger partial charge in [-0.15, -0.1) is 13.2 Å². The molecular weight excluding hydrogens is 302 g/mol. The van der Waals surface area contributed by atoms with Crippen molar-refractivity contribution < 1.29 is 38.2 Å². The lowest BCUT2D eigenvalue weighted by molar-refractivity contribution is -0.374. The molecule has 0 heterocycles. The molecule has 2 atom stereocenters. The number of carbonyl (C=O) groups excluding carboxylic acids is 1. The summed E-state index contributed by atoms with van der Waals surface area (Å²) in [5.74, 6) is -4.18. The van der Waals surface area contributed by atoms with Gasteiger partial charge in [-0.1, -0.05) is 12.2 Å². The van der Waals surface area contributed by atoms with Crippen LogP contribution in [0.5, 0.6) is 0 Å². The summed E-state index contributed by atoms with van der Waals surface area (Å²) in [5, 5.41) is 7.54. The van der Waals surface area contributed by atoms with E-state index in [1.165, 1.54) is 12.2 Å². The van der Waals surface area contributed by atoms with Crippen LogP contribution in [0.3, 0.4) is 0 Å². The van der Waals surface area contributed by atoms with Gasteiger partial charge in [0.25, 0.3) is 5.24 Å². The molecule has 0 aromatic heterocycles. The maximum atomic E-state index is 13.5. The molecule has 0 radical (unpaired) electrons.